The normalized spacial score (nSPS) is 17.8. The van der Waals surface area contributed by atoms with E-state index >= 15 is 0 Å². The molecule has 1 saturated heterocycles. The summed E-state index contributed by atoms with van der Waals surface area (Å²) in [6.07, 6.45) is 7.08. The van der Waals surface area contributed by atoms with E-state index in [0.29, 0.717) is 18.2 Å². The lowest BCUT2D eigenvalue weighted by molar-refractivity contribution is 0.0700. The molecule has 6 nitrogen and oxygen atoms in total. The second-order valence-corrected chi connectivity index (χ2v) is 5.86. The average Bonchev–Trinajstić information content (AvgIpc) is 2.62. The summed E-state index contributed by atoms with van der Waals surface area (Å²) in [6.45, 7) is 3.34. The van der Waals surface area contributed by atoms with Gasteiger partial charge in [0.2, 0.25) is 0 Å². The van der Waals surface area contributed by atoms with Crippen molar-refractivity contribution in [3.8, 4) is 0 Å². The highest BCUT2D eigenvalue weighted by Crippen LogP contribution is 2.28. The van der Waals surface area contributed by atoms with E-state index in [1.54, 1.807) is 12.4 Å². The number of aromatic nitrogens is 3. The number of aryl methyl sites for hydroxylation is 1. The van der Waals surface area contributed by atoms with Crippen LogP contribution in [0.15, 0.2) is 30.7 Å². The Morgan fingerprint density at radius 2 is 2.17 bits per heavy atom. The number of hydrogen-bond donors (Lipinski definition) is 1. The molecule has 0 unspecified atom stereocenters. The van der Waals surface area contributed by atoms with Crippen molar-refractivity contribution in [2.75, 3.05) is 25.5 Å². The number of piperidine rings is 1. The third kappa shape index (κ3) is 3.47. The summed E-state index contributed by atoms with van der Waals surface area (Å²) in [5.74, 6) is 1.15. The Hall–Kier alpha value is -2.50. The molecule has 0 spiro atoms. The van der Waals surface area contributed by atoms with E-state index in [2.05, 4.69) is 26.3 Å². The zero-order valence-electron chi connectivity index (χ0n) is 13.5. The number of amides is 1. The minimum atomic E-state index is -0.0369. The Labute approximate surface area is 136 Å². The maximum Gasteiger partial charge on any atom is 0.274 e. The van der Waals surface area contributed by atoms with Crippen molar-refractivity contribution in [3.05, 3.63) is 47.7 Å². The molecule has 1 fully saturated rings. The first-order chi connectivity index (χ1) is 11.2. The summed E-state index contributed by atoms with van der Waals surface area (Å²) in [6, 6.07) is 4.09. The molecule has 1 N–H and O–H groups in total. The molecule has 0 saturated carbocycles. The van der Waals surface area contributed by atoms with Crippen LogP contribution in [0.4, 0.5) is 5.82 Å². The Kier molecular flexibility index (Phi) is 4.50. The number of carbonyl (C=O) groups excluding carboxylic acids is 1. The molecule has 1 aliphatic heterocycles. The number of rotatable bonds is 3. The van der Waals surface area contributed by atoms with E-state index in [-0.39, 0.29) is 5.91 Å². The lowest BCUT2D eigenvalue weighted by Crippen LogP contribution is -2.39. The third-order valence-corrected chi connectivity index (χ3v) is 4.22. The summed E-state index contributed by atoms with van der Waals surface area (Å²) < 4.78 is 0. The van der Waals surface area contributed by atoms with Crippen LogP contribution in [-0.4, -0.2) is 45.9 Å². The van der Waals surface area contributed by atoms with Crippen LogP contribution in [-0.2, 0) is 0 Å². The molecular weight excluding hydrogens is 290 g/mol. The number of carbonyl (C=O) groups is 1. The van der Waals surface area contributed by atoms with Gasteiger partial charge in [-0.15, -0.1) is 0 Å². The average molecular weight is 311 g/mol. The molecule has 2 aromatic rings. The van der Waals surface area contributed by atoms with Gasteiger partial charge >= 0.3 is 0 Å². The molecule has 6 heteroatoms. The van der Waals surface area contributed by atoms with Crippen LogP contribution in [0.2, 0.25) is 0 Å². The molecule has 1 amide bonds. The number of nitrogens with zero attached hydrogens (tertiary/aromatic N) is 4. The van der Waals surface area contributed by atoms with E-state index < -0.39 is 0 Å². The zero-order valence-corrected chi connectivity index (χ0v) is 13.5. The van der Waals surface area contributed by atoms with Gasteiger partial charge in [-0.1, -0.05) is 0 Å². The molecule has 1 aliphatic rings. The van der Waals surface area contributed by atoms with Crippen LogP contribution >= 0.6 is 0 Å². The SMILES string of the molecule is CNc1cc([C@H]2CCCN(C(=O)c3cnc(C)cn3)C2)ccn1. The molecule has 2 aromatic heterocycles. The van der Waals surface area contributed by atoms with Gasteiger partial charge in [-0.05, 0) is 37.5 Å². The smallest absolute Gasteiger partial charge is 0.274 e. The minimum Gasteiger partial charge on any atom is -0.373 e. The number of anilines is 1. The lowest BCUT2D eigenvalue weighted by atomic mass is 9.91. The minimum absolute atomic E-state index is 0.0369. The number of pyridine rings is 1. The fraction of sp³-hybridized carbons (Fsp3) is 0.412. The molecule has 0 aliphatic carbocycles. The first-order valence-electron chi connectivity index (χ1n) is 7.89. The van der Waals surface area contributed by atoms with Gasteiger partial charge in [-0.2, -0.15) is 0 Å². The summed E-state index contributed by atoms with van der Waals surface area (Å²) in [4.78, 5) is 27.1. The van der Waals surface area contributed by atoms with Gasteiger partial charge in [-0.3, -0.25) is 9.78 Å². The number of likely N-dealkylation sites (tertiary alicyclic amines) is 1. The Balaban J connectivity index is 1.75. The third-order valence-electron chi connectivity index (χ3n) is 4.22. The highest BCUT2D eigenvalue weighted by molar-refractivity contribution is 5.92. The van der Waals surface area contributed by atoms with Crippen molar-refractivity contribution in [2.45, 2.75) is 25.7 Å². The van der Waals surface area contributed by atoms with Gasteiger partial charge in [0.1, 0.15) is 11.5 Å². The molecule has 3 rings (SSSR count). The fourth-order valence-electron chi connectivity index (χ4n) is 2.94. The Bertz CT molecular complexity index is 686. The standard InChI is InChI=1S/C17H21N5O/c1-12-9-21-15(10-20-12)17(23)22-7-3-4-14(11-22)13-5-6-19-16(8-13)18-2/h5-6,8-10,14H,3-4,7,11H2,1-2H3,(H,18,19)/t14-/m0/s1. The predicted molar refractivity (Wildman–Crippen MR) is 88.4 cm³/mol. The quantitative estimate of drug-likeness (QED) is 0.941. The van der Waals surface area contributed by atoms with E-state index in [0.717, 1.165) is 30.9 Å². The molecule has 0 aromatic carbocycles. The largest absolute Gasteiger partial charge is 0.373 e. The first-order valence-corrected chi connectivity index (χ1v) is 7.89. The van der Waals surface area contributed by atoms with Gasteiger partial charge in [-0.25, -0.2) is 9.97 Å². The van der Waals surface area contributed by atoms with Crippen molar-refractivity contribution in [1.82, 2.24) is 19.9 Å². The monoisotopic (exact) mass is 311 g/mol. The number of nitrogens with one attached hydrogen (secondary N) is 1. The maximum atomic E-state index is 12.6. The van der Waals surface area contributed by atoms with Gasteiger partial charge < -0.3 is 10.2 Å². The van der Waals surface area contributed by atoms with E-state index in [9.17, 15) is 4.79 Å². The maximum absolute atomic E-state index is 12.6. The summed E-state index contributed by atoms with van der Waals surface area (Å²) >= 11 is 0. The van der Waals surface area contributed by atoms with Crippen molar-refractivity contribution < 1.29 is 4.79 Å². The predicted octanol–water partition coefficient (Wildman–Crippen LogP) is 2.24. The zero-order chi connectivity index (χ0) is 16.2. The van der Waals surface area contributed by atoms with Crippen LogP contribution in [0.1, 0.15) is 40.5 Å². The fourth-order valence-corrected chi connectivity index (χ4v) is 2.94. The van der Waals surface area contributed by atoms with Crippen molar-refractivity contribution in [2.24, 2.45) is 0 Å². The molecule has 0 radical (unpaired) electrons. The molecule has 1 atom stereocenters. The molecular formula is C17H21N5O. The van der Waals surface area contributed by atoms with E-state index in [4.69, 9.17) is 0 Å². The highest BCUT2D eigenvalue weighted by Gasteiger charge is 2.26. The van der Waals surface area contributed by atoms with Gasteiger partial charge in [0.05, 0.1) is 11.9 Å². The van der Waals surface area contributed by atoms with E-state index in [1.165, 1.54) is 5.56 Å². The lowest BCUT2D eigenvalue weighted by Gasteiger charge is -2.32. The molecule has 0 bridgehead atoms. The van der Waals surface area contributed by atoms with Crippen LogP contribution < -0.4 is 5.32 Å². The van der Waals surface area contributed by atoms with Crippen molar-refractivity contribution in [1.29, 1.82) is 0 Å². The second-order valence-electron chi connectivity index (χ2n) is 5.86. The summed E-state index contributed by atoms with van der Waals surface area (Å²) in [5, 5.41) is 3.06. The van der Waals surface area contributed by atoms with Crippen LogP contribution in [0, 0.1) is 6.92 Å². The van der Waals surface area contributed by atoms with Crippen LogP contribution in [0.25, 0.3) is 0 Å². The Morgan fingerprint density at radius 1 is 1.30 bits per heavy atom. The molecule has 120 valence electrons. The number of hydrogen-bond acceptors (Lipinski definition) is 5. The highest BCUT2D eigenvalue weighted by atomic mass is 16.2. The topological polar surface area (TPSA) is 71.0 Å². The van der Waals surface area contributed by atoms with Crippen LogP contribution in [0.3, 0.4) is 0 Å². The Morgan fingerprint density at radius 3 is 2.91 bits per heavy atom. The van der Waals surface area contributed by atoms with Gasteiger partial charge in [0.25, 0.3) is 5.91 Å². The molecule has 23 heavy (non-hydrogen) atoms. The summed E-state index contributed by atoms with van der Waals surface area (Å²) in [7, 11) is 1.86. The van der Waals surface area contributed by atoms with Gasteiger partial charge in [0.15, 0.2) is 0 Å². The van der Waals surface area contributed by atoms with Crippen molar-refractivity contribution in [3.63, 3.8) is 0 Å². The first kappa shape index (κ1) is 15.4. The summed E-state index contributed by atoms with van der Waals surface area (Å²) in [5.41, 5.74) is 2.45. The van der Waals surface area contributed by atoms with Crippen LogP contribution in [0.5, 0.6) is 0 Å². The molecule has 3 heterocycles. The second kappa shape index (κ2) is 6.73. The van der Waals surface area contributed by atoms with E-state index in [1.807, 2.05) is 31.1 Å². The van der Waals surface area contributed by atoms with Crippen molar-refractivity contribution >= 4 is 11.7 Å². The van der Waals surface area contributed by atoms with Gasteiger partial charge in [0, 0.05) is 38.4 Å².